The summed E-state index contributed by atoms with van der Waals surface area (Å²) in [7, 11) is 1.71. The van der Waals surface area contributed by atoms with Crippen molar-refractivity contribution in [1.82, 2.24) is 19.8 Å². The molecule has 4 rings (SSSR count). The van der Waals surface area contributed by atoms with E-state index in [1.165, 1.54) is 22.8 Å². The third kappa shape index (κ3) is 6.47. The summed E-state index contributed by atoms with van der Waals surface area (Å²) >= 11 is 6.02. The second-order valence-corrected chi connectivity index (χ2v) is 9.96. The molecule has 0 bridgehead atoms. The van der Waals surface area contributed by atoms with E-state index >= 15 is 0 Å². The Kier molecular flexibility index (Phi) is 8.79. The molecule has 1 aliphatic heterocycles. The number of hydrogen-bond acceptors (Lipinski definition) is 6. The van der Waals surface area contributed by atoms with Gasteiger partial charge in [0.05, 0.1) is 22.5 Å². The summed E-state index contributed by atoms with van der Waals surface area (Å²) in [5.74, 6) is -0.623. The molecule has 1 aliphatic rings. The topological polar surface area (TPSA) is 79.7 Å². The van der Waals surface area contributed by atoms with Gasteiger partial charge in [-0.25, -0.2) is 9.37 Å². The van der Waals surface area contributed by atoms with Crippen LogP contribution in [0.4, 0.5) is 10.1 Å². The Hall–Kier alpha value is -3.01. The van der Waals surface area contributed by atoms with Gasteiger partial charge >= 0.3 is 0 Å². The van der Waals surface area contributed by atoms with Crippen molar-refractivity contribution in [3.05, 3.63) is 57.6 Å². The number of ether oxygens (including phenoxy) is 1. The van der Waals surface area contributed by atoms with Crippen molar-refractivity contribution >= 4 is 34.1 Å². The lowest BCUT2D eigenvalue weighted by atomic mass is 10.1. The van der Waals surface area contributed by atoms with Crippen LogP contribution in [0.1, 0.15) is 20.3 Å². The number of halogens is 2. The number of aromatic nitrogens is 2. The van der Waals surface area contributed by atoms with Crippen molar-refractivity contribution < 1.29 is 13.9 Å². The number of nitrogens with one attached hydrogen (secondary N) is 1. The highest BCUT2D eigenvalue weighted by molar-refractivity contribution is 6.31. The van der Waals surface area contributed by atoms with Crippen LogP contribution in [-0.4, -0.2) is 72.8 Å². The van der Waals surface area contributed by atoms with Crippen molar-refractivity contribution in [2.75, 3.05) is 51.3 Å². The Labute approximate surface area is 221 Å². The van der Waals surface area contributed by atoms with E-state index < -0.39 is 5.82 Å². The van der Waals surface area contributed by atoms with E-state index in [0.717, 1.165) is 44.8 Å². The summed E-state index contributed by atoms with van der Waals surface area (Å²) in [4.78, 5) is 35.8. The van der Waals surface area contributed by atoms with Gasteiger partial charge in [0.2, 0.25) is 5.91 Å². The maximum atomic E-state index is 13.8. The number of carbonyl (C=O) groups excluding carboxylic acids is 1. The second kappa shape index (κ2) is 12.0. The molecule has 10 heteroatoms. The normalized spacial score (nSPS) is 14.8. The van der Waals surface area contributed by atoms with Crippen molar-refractivity contribution in [2.24, 2.45) is 0 Å². The lowest BCUT2D eigenvalue weighted by Crippen LogP contribution is -2.37. The molecule has 0 saturated carbocycles. The molecule has 0 unspecified atom stereocenters. The summed E-state index contributed by atoms with van der Waals surface area (Å²) in [5, 5.41) is 3.16. The summed E-state index contributed by atoms with van der Waals surface area (Å²) < 4.78 is 20.4. The molecule has 1 saturated heterocycles. The summed E-state index contributed by atoms with van der Waals surface area (Å²) in [6, 6.07) is 9.72. The van der Waals surface area contributed by atoms with Gasteiger partial charge in [0, 0.05) is 50.6 Å². The largest absolute Gasteiger partial charge is 0.383 e. The van der Waals surface area contributed by atoms with E-state index in [9.17, 15) is 14.0 Å². The molecular weight excluding hydrogens is 497 g/mol. The zero-order chi connectivity index (χ0) is 26.5. The first kappa shape index (κ1) is 27.0. The lowest BCUT2D eigenvalue weighted by molar-refractivity contribution is -0.122. The molecule has 2 aromatic carbocycles. The van der Waals surface area contributed by atoms with Crippen molar-refractivity contribution in [3.8, 4) is 11.4 Å². The number of carbonyl (C=O) groups is 1. The van der Waals surface area contributed by atoms with Gasteiger partial charge < -0.3 is 15.0 Å². The number of methoxy groups -OCH3 is 1. The highest BCUT2D eigenvalue weighted by atomic mass is 35.5. The SMILES string of the molecule is COCCN1CCCN(c2ccc3nc(-c4ccc(F)c(Cl)c4)n(CC(=O)NC(C)C)c(=O)c3c2)CC1. The maximum Gasteiger partial charge on any atom is 0.262 e. The highest BCUT2D eigenvalue weighted by Gasteiger charge is 2.20. The first-order valence-electron chi connectivity index (χ1n) is 12.5. The fourth-order valence-corrected chi connectivity index (χ4v) is 4.77. The third-order valence-corrected chi connectivity index (χ3v) is 6.72. The zero-order valence-corrected chi connectivity index (χ0v) is 22.2. The monoisotopic (exact) mass is 529 g/mol. The summed E-state index contributed by atoms with van der Waals surface area (Å²) in [6.07, 6.45) is 1.00. The van der Waals surface area contributed by atoms with Crippen LogP contribution in [0.2, 0.25) is 5.02 Å². The van der Waals surface area contributed by atoms with Crippen molar-refractivity contribution in [2.45, 2.75) is 32.9 Å². The molecular formula is C27H33ClFN5O3. The van der Waals surface area contributed by atoms with Crippen LogP contribution in [0, 0.1) is 5.82 Å². The molecule has 1 amide bonds. The fraction of sp³-hybridized carbons (Fsp3) is 0.444. The van der Waals surface area contributed by atoms with Crippen molar-refractivity contribution in [3.63, 3.8) is 0 Å². The Morgan fingerprint density at radius 2 is 1.97 bits per heavy atom. The van der Waals surface area contributed by atoms with Gasteiger partial charge in [-0.1, -0.05) is 11.6 Å². The van der Waals surface area contributed by atoms with Gasteiger partial charge in [0.1, 0.15) is 18.2 Å². The Bertz CT molecular complexity index is 1330. The number of nitrogens with zero attached hydrogens (tertiary/aromatic N) is 4. The number of rotatable bonds is 8. The van der Waals surface area contributed by atoms with Crippen LogP contribution in [0.15, 0.2) is 41.2 Å². The third-order valence-electron chi connectivity index (χ3n) is 6.43. The van der Waals surface area contributed by atoms with Crippen LogP contribution in [-0.2, 0) is 16.1 Å². The Morgan fingerprint density at radius 1 is 1.16 bits per heavy atom. The van der Waals surface area contributed by atoms with E-state index in [4.69, 9.17) is 21.3 Å². The molecule has 1 N–H and O–H groups in total. The van der Waals surface area contributed by atoms with Crippen molar-refractivity contribution in [1.29, 1.82) is 0 Å². The number of benzene rings is 2. The van der Waals surface area contributed by atoms with E-state index in [1.807, 2.05) is 32.0 Å². The molecule has 8 nitrogen and oxygen atoms in total. The zero-order valence-electron chi connectivity index (χ0n) is 21.5. The molecule has 0 aliphatic carbocycles. The number of fused-ring (bicyclic) bond motifs is 1. The molecule has 1 aromatic heterocycles. The average Bonchev–Trinajstić information content (AvgIpc) is 3.11. The van der Waals surface area contributed by atoms with E-state index in [0.29, 0.717) is 23.1 Å². The van der Waals surface area contributed by atoms with Crippen LogP contribution in [0.3, 0.4) is 0 Å². The van der Waals surface area contributed by atoms with Crippen LogP contribution in [0.25, 0.3) is 22.3 Å². The van der Waals surface area contributed by atoms with Crippen LogP contribution >= 0.6 is 11.6 Å². The molecule has 1 fully saturated rings. The quantitative estimate of drug-likeness (QED) is 0.481. The minimum absolute atomic E-state index is 0.0823. The lowest BCUT2D eigenvalue weighted by Gasteiger charge is -2.24. The molecule has 2 heterocycles. The van der Waals surface area contributed by atoms with Crippen LogP contribution < -0.4 is 15.8 Å². The highest BCUT2D eigenvalue weighted by Crippen LogP contribution is 2.26. The standard InChI is InChI=1S/C27H33ClFN5O3/c1-18(2)30-25(35)17-34-26(19-5-7-23(29)22(28)15-19)31-24-8-6-20(16-21(24)27(34)36)33-10-4-9-32(11-12-33)13-14-37-3/h5-8,15-16,18H,4,9-14,17H2,1-3H3,(H,30,35). The smallest absolute Gasteiger partial charge is 0.262 e. The average molecular weight is 530 g/mol. The molecule has 37 heavy (non-hydrogen) atoms. The van der Waals surface area contributed by atoms with Gasteiger partial charge in [-0.05, 0) is 63.2 Å². The molecule has 3 aromatic rings. The van der Waals surface area contributed by atoms with E-state index in [2.05, 4.69) is 15.1 Å². The second-order valence-electron chi connectivity index (χ2n) is 9.55. The molecule has 198 valence electrons. The maximum absolute atomic E-state index is 13.8. The van der Waals surface area contributed by atoms with Gasteiger partial charge in [-0.2, -0.15) is 0 Å². The first-order valence-corrected chi connectivity index (χ1v) is 12.9. The minimum Gasteiger partial charge on any atom is -0.383 e. The van der Waals surface area contributed by atoms with E-state index in [1.54, 1.807) is 7.11 Å². The van der Waals surface area contributed by atoms with Gasteiger partial charge in [0.25, 0.3) is 5.56 Å². The van der Waals surface area contributed by atoms with E-state index in [-0.39, 0.29) is 34.9 Å². The number of anilines is 1. The summed E-state index contributed by atoms with van der Waals surface area (Å²) in [6.45, 7) is 8.69. The predicted molar refractivity (Wildman–Crippen MR) is 145 cm³/mol. The van der Waals surface area contributed by atoms with Gasteiger partial charge in [-0.3, -0.25) is 19.1 Å². The molecule has 0 atom stereocenters. The predicted octanol–water partition coefficient (Wildman–Crippen LogP) is 3.54. The molecule has 0 spiro atoms. The summed E-state index contributed by atoms with van der Waals surface area (Å²) in [5.41, 5.74) is 1.56. The van der Waals surface area contributed by atoms with Crippen LogP contribution in [0.5, 0.6) is 0 Å². The molecule has 0 radical (unpaired) electrons. The number of amides is 1. The minimum atomic E-state index is -0.569. The first-order chi connectivity index (χ1) is 17.8. The number of hydrogen-bond donors (Lipinski definition) is 1. The van der Waals surface area contributed by atoms with Gasteiger partial charge in [0.15, 0.2) is 0 Å². The Morgan fingerprint density at radius 3 is 2.70 bits per heavy atom. The van der Waals surface area contributed by atoms with Gasteiger partial charge in [-0.15, -0.1) is 0 Å². The fourth-order valence-electron chi connectivity index (χ4n) is 4.59. The Balaban J connectivity index is 1.74.